The first kappa shape index (κ1) is 32.6. The first-order valence-corrected chi connectivity index (χ1v) is 17.0. The van der Waals surface area contributed by atoms with Crippen molar-refractivity contribution in [3.05, 3.63) is 106 Å². The summed E-state index contributed by atoms with van der Waals surface area (Å²) in [6.45, 7) is 3.93. The summed E-state index contributed by atoms with van der Waals surface area (Å²) in [6, 6.07) is 23.8. The number of nitrogens with zero attached hydrogens (tertiary/aromatic N) is 2. The first-order valence-electron chi connectivity index (χ1n) is 16.6. The molecule has 2 aliphatic rings. The van der Waals surface area contributed by atoms with Crippen LogP contribution in [0, 0.1) is 5.82 Å². The average Bonchev–Trinajstić information content (AvgIpc) is 3.71. The second-order valence-corrected chi connectivity index (χ2v) is 13.3. The molecule has 1 atom stereocenters. The van der Waals surface area contributed by atoms with Crippen molar-refractivity contribution < 1.29 is 23.6 Å². The molecule has 0 radical (unpaired) electrons. The summed E-state index contributed by atoms with van der Waals surface area (Å²) in [4.78, 5) is 34.3. The Hall–Kier alpha value is -4.93. The second-order valence-electron chi connectivity index (χ2n) is 12.9. The van der Waals surface area contributed by atoms with Gasteiger partial charge < -0.3 is 19.5 Å². The summed E-state index contributed by atoms with van der Waals surface area (Å²) < 4.78 is 24.4. The molecule has 1 unspecified atom stereocenters. The molecule has 7 rings (SSSR count). The van der Waals surface area contributed by atoms with E-state index < -0.39 is 18.1 Å². The van der Waals surface area contributed by atoms with E-state index in [1.165, 1.54) is 12.5 Å². The van der Waals surface area contributed by atoms with E-state index in [9.17, 15) is 9.59 Å². The lowest BCUT2D eigenvalue weighted by atomic mass is 9.94. The molecule has 1 aromatic heterocycles. The zero-order valence-corrected chi connectivity index (χ0v) is 28.0. The maximum absolute atomic E-state index is 16.1. The number of carbonyl (C=O) groups is 2. The average molecular weight is 682 g/mol. The van der Waals surface area contributed by atoms with Crippen LogP contribution >= 0.6 is 11.6 Å². The number of imidazole rings is 1. The summed E-state index contributed by atoms with van der Waals surface area (Å²) in [5, 5.41) is 6.27. The lowest BCUT2D eigenvalue weighted by Gasteiger charge is -2.26. The monoisotopic (exact) mass is 681 g/mol. The SMILES string of the molecule is CC(C)NC(=O)c1ccc(-c2ccc(Cl)cc2)c(COc2ccc(-c3nc4cc(C5NOC(=O)N5)ccc4n3C3CCCCC3)c(F)c2)c1. The number of carbonyl (C=O) groups excluding carboxylic acids is 2. The fourth-order valence-corrected chi connectivity index (χ4v) is 6.80. The molecule has 11 heteroatoms. The Bertz CT molecular complexity index is 2020. The highest BCUT2D eigenvalue weighted by Crippen LogP contribution is 2.38. The van der Waals surface area contributed by atoms with Crippen LogP contribution in [-0.4, -0.2) is 27.6 Å². The number of aromatic nitrogens is 2. The molecular weight excluding hydrogens is 645 g/mol. The topological polar surface area (TPSA) is 107 Å². The fraction of sp³-hybridized carbons (Fsp3) is 0.289. The van der Waals surface area contributed by atoms with Crippen LogP contribution in [0.2, 0.25) is 5.02 Å². The molecule has 49 heavy (non-hydrogen) atoms. The number of halogens is 2. The summed E-state index contributed by atoms with van der Waals surface area (Å²) in [7, 11) is 0. The first-order chi connectivity index (χ1) is 23.7. The Morgan fingerprint density at radius 2 is 1.80 bits per heavy atom. The zero-order valence-electron chi connectivity index (χ0n) is 27.3. The van der Waals surface area contributed by atoms with Crippen LogP contribution in [0.5, 0.6) is 5.75 Å². The Morgan fingerprint density at radius 3 is 2.51 bits per heavy atom. The van der Waals surface area contributed by atoms with Crippen molar-refractivity contribution >= 4 is 34.6 Å². The molecule has 9 nitrogen and oxygen atoms in total. The van der Waals surface area contributed by atoms with Gasteiger partial charge in [-0.1, -0.05) is 55.1 Å². The summed E-state index contributed by atoms with van der Waals surface area (Å²) in [5.74, 6) is 0.272. The van der Waals surface area contributed by atoms with Crippen LogP contribution in [-0.2, 0) is 11.4 Å². The molecule has 2 amide bonds. The van der Waals surface area contributed by atoms with E-state index in [4.69, 9.17) is 26.2 Å². The quantitative estimate of drug-likeness (QED) is 0.144. The molecule has 0 spiro atoms. The maximum atomic E-state index is 16.1. The molecule has 1 saturated heterocycles. The van der Waals surface area contributed by atoms with Gasteiger partial charge in [0.15, 0.2) is 0 Å². The van der Waals surface area contributed by atoms with E-state index >= 15 is 4.39 Å². The molecule has 0 bridgehead atoms. The van der Waals surface area contributed by atoms with Gasteiger partial charge in [0.1, 0.15) is 30.2 Å². The maximum Gasteiger partial charge on any atom is 0.427 e. The van der Waals surface area contributed by atoms with Gasteiger partial charge in [0.25, 0.3) is 5.91 Å². The van der Waals surface area contributed by atoms with E-state index in [1.54, 1.807) is 18.2 Å². The number of benzene rings is 4. The van der Waals surface area contributed by atoms with Gasteiger partial charge in [-0.05, 0) is 97.5 Å². The smallest absolute Gasteiger partial charge is 0.427 e. The van der Waals surface area contributed by atoms with Gasteiger partial charge in [0.2, 0.25) is 0 Å². The molecule has 252 valence electrons. The van der Waals surface area contributed by atoms with Crippen molar-refractivity contribution in [1.82, 2.24) is 25.7 Å². The number of hydroxylamine groups is 1. The van der Waals surface area contributed by atoms with E-state index in [2.05, 4.69) is 20.7 Å². The molecule has 1 saturated carbocycles. The molecule has 4 aromatic carbocycles. The molecule has 1 aliphatic heterocycles. The zero-order chi connectivity index (χ0) is 34.1. The number of hydrogen-bond donors (Lipinski definition) is 3. The highest BCUT2D eigenvalue weighted by Gasteiger charge is 2.27. The minimum Gasteiger partial charge on any atom is -0.489 e. The molecular formula is C38H37ClFN5O4. The fourth-order valence-electron chi connectivity index (χ4n) is 6.67. The summed E-state index contributed by atoms with van der Waals surface area (Å²) in [5.41, 5.74) is 8.54. The number of fused-ring (bicyclic) bond motifs is 1. The van der Waals surface area contributed by atoms with E-state index in [1.807, 2.05) is 68.4 Å². The normalized spacial score (nSPS) is 16.5. The van der Waals surface area contributed by atoms with E-state index in [0.717, 1.165) is 53.5 Å². The Morgan fingerprint density at radius 1 is 1.02 bits per heavy atom. The van der Waals surface area contributed by atoms with E-state index in [0.29, 0.717) is 33.2 Å². The minimum atomic E-state index is -0.548. The number of rotatable bonds is 9. The van der Waals surface area contributed by atoms with Crippen LogP contribution < -0.4 is 20.9 Å². The Balaban J connectivity index is 1.20. The van der Waals surface area contributed by atoms with Crippen molar-refractivity contribution in [2.45, 2.75) is 70.8 Å². The Kier molecular flexibility index (Phi) is 9.25. The molecule has 3 N–H and O–H groups in total. The van der Waals surface area contributed by atoms with Crippen molar-refractivity contribution in [3.63, 3.8) is 0 Å². The molecule has 1 aliphatic carbocycles. The molecule has 2 fully saturated rings. The van der Waals surface area contributed by atoms with Crippen molar-refractivity contribution in [2.24, 2.45) is 0 Å². The number of nitrogens with one attached hydrogen (secondary N) is 3. The van der Waals surface area contributed by atoms with Crippen LogP contribution in [0.4, 0.5) is 9.18 Å². The Labute approximate surface area is 288 Å². The third-order valence-electron chi connectivity index (χ3n) is 9.04. The number of ether oxygens (including phenoxy) is 1. The van der Waals surface area contributed by atoms with Crippen LogP contribution in [0.1, 0.15) is 79.6 Å². The number of amides is 2. The minimum absolute atomic E-state index is 0.0143. The van der Waals surface area contributed by atoms with Crippen LogP contribution in [0.25, 0.3) is 33.5 Å². The third-order valence-corrected chi connectivity index (χ3v) is 9.29. The van der Waals surface area contributed by atoms with Crippen molar-refractivity contribution in [2.75, 3.05) is 0 Å². The van der Waals surface area contributed by atoms with Crippen LogP contribution in [0.3, 0.4) is 0 Å². The van der Waals surface area contributed by atoms with Gasteiger partial charge in [-0.15, -0.1) is 5.48 Å². The third kappa shape index (κ3) is 6.97. The molecule has 5 aromatic rings. The van der Waals surface area contributed by atoms with Gasteiger partial charge in [0.05, 0.1) is 16.6 Å². The second kappa shape index (κ2) is 13.9. The lowest BCUT2D eigenvalue weighted by Crippen LogP contribution is -2.30. The standard InChI is InChI=1S/C38H37ClFN5O4/c1-22(2)41-37(46)25-10-15-30(23-8-12-27(39)13-9-23)26(18-25)21-48-29-14-16-31(32(40)20-29)36-42-33-19-24(35-43-38(47)49-44-35)11-17-34(33)45(36)28-6-4-3-5-7-28/h8-20,22,28,35,44H,3-7,21H2,1-2H3,(H,41,46)(H,43,47). The predicted octanol–water partition coefficient (Wildman–Crippen LogP) is 8.63. The van der Waals surface area contributed by atoms with Crippen molar-refractivity contribution in [1.29, 1.82) is 0 Å². The van der Waals surface area contributed by atoms with Crippen molar-refractivity contribution in [3.8, 4) is 28.3 Å². The van der Waals surface area contributed by atoms with Gasteiger partial charge in [0, 0.05) is 28.7 Å². The van der Waals surface area contributed by atoms with Crippen LogP contribution in [0.15, 0.2) is 78.9 Å². The van der Waals surface area contributed by atoms with E-state index in [-0.39, 0.29) is 24.6 Å². The largest absolute Gasteiger partial charge is 0.489 e. The highest BCUT2D eigenvalue weighted by molar-refractivity contribution is 6.30. The number of hydrogen-bond acceptors (Lipinski definition) is 6. The highest BCUT2D eigenvalue weighted by atomic mass is 35.5. The summed E-state index contributed by atoms with van der Waals surface area (Å²) in [6.07, 6.45) is 4.31. The predicted molar refractivity (Wildman–Crippen MR) is 187 cm³/mol. The van der Waals surface area contributed by atoms with Gasteiger partial charge in [-0.2, -0.15) is 0 Å². The van der Waals surface area contributed by atoms with Gasteiger partial charge >= 0.3 is 6.09 Å². The van der Waals surface area contributed by atoms with Gasteiger partial charge in [-0.3, -0.25) is 10.1 Å². The summed E-state index contributed by atoms with van der Waals surface area (Å²) >= 11 is 6.14. The molecule has 2 heterocycles. The van der Waals surface area contributed by atoms with Gasteiger partial charge in [-0.25, -0.2) is 14.2 Å². The lowest BCUT2D eigenvalue weighted by molar-refractivity contribution is 0.0942.